The van der Waals surface area contributed by atoms with Crippen molar-refractivity contribution in [3.05, 3.63) is 47.4 Å². The molecule has 0 aliphatic heterocycles. The van der Waals surface area contributed by atoms with Crippen LogP contribution < -0.4 is 0 Å². The van der Waals surface area contributed by atoms with Gasteiger partial charge in [-0.1, -0.05) is 0 Å². The van der Waals surface area contributed by atoms with E-state index in [4.69, 9.17) is 4.42 Å². The van der Waals surface area contributed by atoms with E-state index in [9.17, 15) is 9.59 Å². The summed E-state index contributed by atoms with van der Waals surface area (Å²) >= 11 is 0. The van der Waals surface area contributed by atoms with E-state index in [0.717, 1.165) is 0 Å². The molecule has 0 fully saturated rings. The van der Waals surface area contributed by atoms with Crippen LogP contribution in [0.3, 0.4) is 0 Å². The molecular weight excluding hydrogens is 274 g/mol. The predicted molar refractivity (Wildman–Crippen MR) is 72.6 cm³/mol. The predicted octanol–water partition coefficient (Wildman–Crippen LogP) is 1.44. The van der Waals surface area contributed by atoms with Gasteiger partial charge in [0.05, 0.1) is 19.9 Å². The molecule has 0 aliphatic carbocycles. The second-order valence-corrected chi connectivity index (χ2v) is 4.43. The van der Waals surface area contributed by atoms with E-state index < -0.39 is 5.97 Å². The molecule has 21 heavy (non-hydrogen) atoms. The van der Waals surface area contributed by atoms with E-state index in [2.05, 4.69) is 14.7 Å². The highest BCUT2D eigenvalue weighted by Gasteiger charge is 2.19. The number of amides is 1. The lowest BCUT2D eigenvalue weighted by Crippen LogP contribution is -2.26. The Hall–Kier alpha value is -2.70. The van der Waals surface area contributed by atoms with Crippen molar-refractivity contribution in [3.8, 4) is 0 Å². The lowest BCUT2D eigenvalue weighted by atomic mass is 10.2. The minimum Gasteiger partial charge on any atom is -0.465 e. The highest BCUT2D eigenvalue weighted by Crippen LogP contribution is 2.17. The summed E-state index contributed by atoms with van der Waals surface area (Å²) in [5.41, 5.74) is 0.601. The topological polar surface area (TPSA) is 85.5 Å². The summed E-state index contributed by atoms with van der Waals surface area (Å²) in [6, 6.07) is 1.57. The average Bonchev–Trinajstić information content (AvgIpc) is 2.87. The molecule has 0 bridgehead atoms. The van der Waals surface area contributed by atoms with Gasteiger partial charge in [0, 0.05) is 19.4 Å². The third kappa shape index (κ3) is 3.25. The van der Waals surface area contributed by atoms with Crippen LogP contribution in [-0.2, 0) is 11.3 Å². The van der Waals surface area contributed by atoms with Crippen LogP contribution in [0.5, 0.6) is 0 Å². The quantitative estimate of drug-likeness (QED) is 0.792. The van der Waals surface area contributed by atoms with Gasteiger partial charge in [0.25, 0.3) is 5.91 Å². The molecule has 1 amide bonds. The third-order valence-corrected chi connectivity index (χ3v) is 2.90. The molecule has 0 saturated heterocycles. The van der Waals surface area contributed by atoms with Crippen LogP contribution in [0.25, 0.3) is 0 Å². The number of esters is 1. The van der Waals surface area contributed by atoms with E-state index in [1.165, 1.54) is 30.6 Å². The Balaban J connectivity index is 2.11. The van der Waals surface area contributed by atoms with Gasteiger partial charge in [-0.3, -0.25) is 9.78 Å². The number of aromatic nitrogens is 2. The Morgan fingerprint density at radius 2 is 2.14 bits per heavy atom. The van der Waals surface area contributed by atoms with Gasteiger partial charge in [-0.15, -0.1) is 0 Å². The van der Waals surface area contributed by atoms with Gasteiger partial charge in [0.1, 0.15) is 22.8 Å². The minimum atomic E-state index is -0.467. The number of rotatable bonds is 4. The van der Waals surface area contributed by atoms with Crippen molar-refractivity contribution < 1.29 is 18.7 Å². The zero-order valence-electron chi connectivity index (χ0n) is 12.0. The van der Waals surface area contributed by atoms with Gasteiger partial charge in [-0.2, -0.15) is 0 Å². The fraction of sp³-hybridized carbons (Fsp3) is 0.286. The molecule has 0 aromatic carbocycles. The second-order valence-electron chi connectivity index (χ2n) is 4.43. The zero-order valence-corrected chi connectivity index (χ0v) is 12.0. The Morgan fingerprint density at radius 1 is 1.38 bits per heavy atom. The molecule has 0 aliphatic rings. The number of hydrogen-bond acceptors (Lipinski definition) is 6. The maximum absolute atomic E-state index is 12.1. The number of aryl methyl sites for hydroxylation is 1. The molecule has 110 valence electrons. The van der Waals surface area contributed by atoms with Crippen LogP contribution in [0.15, 0.2) is 29.1 Å². The van der Waals surface area contributed by atoms with Crippen molar-refractivity contribution in [2.45, 2.75) is 13.5 Å². The van der Waals surface area contributed by atoms with Gasteiger partial charge in [0.15, 0.2) is 0 Å². The van der Waals surface area contributed by atoms with Crippen LogP contribution >= 0.6 is 0 Å². The Morgan fingerprint density at radius 3 is 2.76 bits per heavy atom. The first-order valence-corrected chi connectivity index (χ1v) is 6.22. The minimum absolute atomic E-state index is 0.216. The Labute approximate surface area is 121 Å². The standard InChI is InChI=1S/C14H15N3O4/c1-9-11(14(19)20-3)6-10(21-9)8-17(2)13(18)12-7-15-4-5-16-12/h4-7H,8H2,1-3H3. The highest BCUT2D eigenvalue weighted by molar-refractivity contribution is 5.92. The summed E-state index contributed by atoms with van der Waals surface area (Å²) in [4.78, 5) is 32.9. The molecule has 0 unspecified atom stereocenters. The summed E-state index contributed by atoms with van der Waals surface area (Å²) in [6.07, 6.45) is 4.34. The van der Waals surface area contributed by atoms with Crippen LogP contribution in [0.2, 0.25) is 0 Å². The molecule has 2 aromatic heterocycles. The molecule has 7 heteroatoms. The van der Waals surface area contributed by atoms with E-state index >= 15 is 0 Å². The van der Waals surface area contributed by atoms with Crippen molar-refractivity contribution in [2.75, 3.05) is 14.2 Å². The maximum Gasteiger partial charge on any atom is 0.341 e. The van der Waals surface area contributed by atoms with E-state index in [1.54, 1.807) is 20.0 Å². The van der Waals surface area contributed by atoms with Crippen LogP contribution in [0, 0.1) is 6.92 Å². The number of nitrogens with zero attached hydrogens (tertiary/aromatic N) is 3. The molecular formula is C14H15N3O4. The monoisotopic (exact) mass is 289 g/mol. The van der Waals surface area contributed by atoms with Crippen LogP contribution in [0.4, 0.5) is 0 Å². The molecule has 2 rings (SSSR count). The smallest absolute Gasteiger partial charge is 0.341 e. The summed E-state index contributed by atoms with van der Waals surface area (Å²) in [5, 5.41) is 0. The van der Waals surface area contributed by atoms with Gasteiger partial charge in [-0.25, -0.2) is 9.78 Å². The number of furan rings is 1. The summed E-state index contributed by atoms with van der Waals surface area (Å²) in [6.45, 7) is 1.88. The van der Waals surface area contributed by atoms with Crippen molar-refractivity contribution in [1.82, 2.24) is 14.9 Å². The first kappa shape index (κ1) is 14.7. The molecule has 0 radical (unpaired) electrons. The highest BCUT2D eigenvalue weighted by atomic mass is 16.5. The number of methoxy groups -OCH3 is 1. The van der Waals surface area contributed by atoms with E-state index in [1.807, 2.05) is 0 Å². The number of hydrogen-bond donors (Lipinski definition) is 0. The normalized spacial score (nSPS) is 10.2. The molecule has 2 heterocycles. The number of carbonyl (C=O) groups is 2. The molecule has 0 atom stereocenters. The zero-order chi connectivity index (χ0) is 15.4. The fourth-order valence-electron chi connectivity index (χ4n) is 1.84. The van der Waals surface area contributed by atoms with Gasteiger partial charge < -0.3 is 14.1 Å². The van der Waals surface area contributed by atoms with Crippen LogP contribution in [-0.4, -0.2) is 40.9 Å². The maximum atomic E-state index is 12.1. The lowest BCUT2D eigenvalue weighted by Gasteiger charge is -2.14. The lowest BCUT2D eigenvalue weighted by molar-refractivity contribution is 0.0598. The fourth-order valence-corrected chi connectivity index (χ4v) is 1.84. The van der Waals surface area contributed by atoms with Gasteiger partial charge in [-0.05, 0) is 13.0 Å². The SMILES string of the molecule is COC(=O)c1cc(CN(C)C(=O)c2cnccn2)oc1C. The third-order valence-electron chi connectivity index (χ3n) is 2.90. The first-order chi connectivity index (χ1) is 10.0. The van der Waals surface area contributed by atoms with Crippen LogP contribution in [0.1, 0.15) is 32.4 Å². The van der Waals surface area contributed by atoms with Crippen molar-refractivity contribution in [3.63, 3.8) is 0 Å². The molecule has 0 saturated carbocycles. The largest absolute Gasteiger partial charge is 0.465 e. The van der Waals surface area contributed by atoms with E-state index in [0.29, 0.717) is 17.1 Å². The van der Waals surface area contributed by atoms with E-state index in [-0.39, 0.29) is 18.1 Å². The van der Waals surface area contributed by atoms with Gasteiger partial charge in [0.2, 0.25) is 0 Å². The van der Waals surface area contributed by atoms with Crippen molar-refractivity contribution in [2.24, 2.45) is 0 Å². The molecule has 2 aromatic rings. The summed E-state index contributed by atoms with van der Waals surface area (Å²) < 4.78 is 10.1. The molecule has 0 N–H and O–H groups in total. The van der Waals surface area contributed by atoms with Gasteiger partial charge >= 0.3 is 5.97 Å². The Bertz CT molecular complexity index is 651. The number of carbonyl (C=O) groups excluding carboxylic acids is 2. The first-order valence-electron chi connectivity index (χ1n) is 6.22. The Kier molecular flexibility index (Phi) is 4.32. The summed E-state index contributed by atoms with van der Waals surface area (Å²) in [5.74, 6) is 0.201. The second kappa shape index (κ2) is 6.17. The number of ether oxygens (including phenoxy) is 1. The van der Waals surface area contributed by atoms with Crippen molar-refractivity contribution >= 4 is 11.9 Å². The average molecular weight is 289 g/mol. The van der Waals surface area contributed by atoms with Crippen molar-refractivity contribution in [1.29, 1.82) is 0 Å². The summed E-state index contributed by atoms with van der Waals surface area (Å²) in [7, 11) is 2.92. The molecule has 0 spiro atoms. The molecule has 7 nitrogen and oxygen atoms in total.